The number of amides is 2. The van der Waals surface area contributed by atoms with Gasteiger partial charge in [-0.2, -0.15) is 0 Å². The van der Waals surface area contributed by atoms with E-state index >= 15 is 0 Å². The molecule has 6 nitrogen and oxygen atoms in total. The lowest BCUT2D eigenvalue weighted by atomic mass is 9.68. The van der Waals surface area contributed by atoms with E-state index in [1.807, 2.05) is 18.7 Å². The second-order valence-electron chi connectivity index (χ2n) is 8.51. The zero-order chi connectivity index (χ0) is 19.3. The van der Waals surface area contributed by atoms with Crippen molar-refractivity contribution in [1.82, 2.24) is 15.1 Å². The van der Waals surface area contributed by atoms with Gasteiger partial charge in [0.25, 0.3) is 0 Å². The van der Waals surface area contributed by atoms with Crippen LogP contribution in [0.3, 0.4) is 0 Å². The number of urea groups is 1. The lowest BCUT2D eigenvalue weighted by Gasteiger charge is -2.48. The molecule has 3 aliphatic rings. The van der Waals surface area contributed by atoms with Crippen LogP contribution in [0.15, 0.2) is 12.1 Å². The highest BCUT2D eigenvalue weighted by atomic mass is 16.2. The van der Waals surface area contributed by atoms with Crippen molar-refractivity contribution in [2.24, 2.45) is 0 Å². The summed E-state index contributed by atoms with van der Waals surface area (Å²) in [6.45, 7) is 8.72. The van der Waals surface area contributed by atoms with Crippen LogP contribution < -0.4 is 16.4 Å². The summed E-state index contributed by atoms with van der Waals surface area (Å²) in [5.74, 6) is 0.979. The van der Waals surface area contributed by atoms with Crippen molar-refractivity contribution in [3.63, 3.8) is 0 Å². The number of nitrogens with one attached hydrogen (secondary N) is 2. The Hall–Kier alpha value is -1.95. The number of likely N-dealkylation sites (tertiary alicyclic amines) is 1. The topological polar surface area (TPSA) is 73.6 Å². The van der Waals surface area contributed by atoms with Crippen LogP contribution in [0.25, 0.3) is 0 Å². The number of hydrogen-bond donors (Lipinski definition) is 3. The van der Waals surface area contributed by atoms with Crippen molar-refractivity contribution >= 4 is 17.4 Å². The molecule has 4 N–H and O–H groups in total. The van der Waals surface area contributed by atoms with Crippen LogP contribution in [0.1, 0.15) is 56.6 Å². The van der Waals surface area contributed by atoms with E-state index in [0.29, 0.717) is 23.9 Å². The molecular formula is C21H33N5O. The fourth-order valence-electron chi connectivity index (χ4n) is 5.61. The number of anilines is 2. The van der Waals surface area contributed by atoms with Crippen LogP contribution >= 0.6 is 0 Å². The Morgan fingerprint density at radius 2 is 2.04 bits per heavy atom. The highest BCUT2D eigenvalue weighted by Crippen LogP contribution is 2.52. The van der Waals surface area contributed by atoms with Gasteiger partial charge in [0.2, 0.25) is 0 Å². The summed E-state index contributed by atoms with van der Waals surface area (Å²) in [4.78, 5) is 16.9. The molecule has 4 rings (SSSR count). The molecule has 0 bridgehead atoms. The molecule has 0 radical (unpaired) electrons. The minimum Gasteiger partial charge on any atom is -0.399 e. The van der Waals surface area contributed by atoms with Crippen LogP contribution in [0, 0.1) is 0 Å². The number of nitrogen functional groups attached to an aromatic ring is 1. The zero-order valence-electron chi connectivity index (χ0n) is 17.0. The van der Waals surface area contributed by atoms with Gasteiger partial charge in [-0.25, -0.2) is 4.79 Å². The molecule has 1 aliphatic carbocycles. The molecule has 0 aromatic heterocycles. The quantitative estimate of drug-likeness (QED) is 0.715. The summed E-state index contributed by atoms with van der Waals surface area (Å²) in [6, 6.07) is 5.46. The average molecular weight is 372 g/mol. The molecule has 0 spiro atoms. The first-order valence-corrected chi connectivity index (χ1v) is 10.4. The maximum absolute atomic E-state index is 12.6. The van der Waals surface area contributed by atoms with Crippen LogP contribution in [0.5, 0.6) is 0 Å². The van der Waals surface area contributed by atoms with E-state index in [1.54, 1.807) is 0 Å². The number of nitrogens with two attached hydrogens (primary N) is 1. The number of benzene rings is 1. The third-order valence-electron chi connectivity index (χ3n) is 6.94. The van der Waals surface area contributed by atoms with Crippen molar-refractivity contribution in [2.75, 3.05) is 37.7 Å². The molecule has 27 heavy (non-hydrogen) atoms. The summed E-state index contributed by atoms with van der Waals surface area (Å²) in [6.07, 6.45) is 2.16. The molecule has 148 valence electrons. The van der Waals surface area contributed by atoms with Crippen molar-refractivity contribution in [2.45, 2.75) is 63.6 Å². The number of piperidine rings is 1. The number of rotatable bonds is 3. The minimum absolute atomic E-state index is 0.0543. The Labute approximate surface area is 162 Å². The van der Waals surface area contributed by atoms with Gasteiger partial charge in [-0.1, -0.05) is 0 Å². The van der Waals surface area contributed by atoms with E-state index in [-0.39, 0.29) is 12.1 Å². The number of likely N-dealkylation sites (N-methyl/N-ethyl adjacent to an activating group) is 1. The fourth-order valence-corrected chi connectivity index (χ4v) is 5.61. The number of nitrogens with zero attached hydrogens (tertiary/aromatic N) is 2. The molecular weight excluding hydrogens is 338 g/mol. The molecule has 1 aromatic carbocycles. The molecule has 1 aromatic rings. The molecule has 2 heterocycles. The summed E-state index contributed by atoms with van der Waals surface area (Å²) >= 11 is 0. The standard InChI is InChI=1S/C21H33N5O/c1-5-26(6-2)21(27)24-14-9-16-17-7-13(22)8-18-20(17)15(12(3)23-18)10-19(16)25(4)11-14/h7-8,12,14-16,19,23H,5-6,9-11,22H2,1-4H3,(H,24,27)/t12?,14-,15?,16+,19+/m0/s1. The maximum Gasteiger partial charge on any atom is 0.317 e. The maximum atomic E-state index is 12.6. The van der Waals surface area contributed by atoms with Gasteiger partial charge in [-0.05, 0) is 63.9 Å². The number of carbonyl (C=O) groups is 1. The molecule has 1 saturated heterocycles. The summed E-state index contributed by atoms with van der Waals surface area (Å²) in [7, 11) is 2.21. The zero-order valence-corrected chi connectivity index (χ0v) is 17.0. The smallest absolute Gasteiger partial charge is 0.317 e. The first kappa shape index (κ1) is 18.4. The van der Waals surface area contributed by atoms with E-state index in [4.69, 9.17) is 5.73 Å². The van der Waals surface area contributed by atoms with Crippen molar-refractivity contribution in [1.29, 1.82) is 0 Å². The van der Waals surface area contributed by atoms with Gasteiger partial charge < -0.3 is 26.2 Å². The Kier molecular flexibility index (Phi) is 4.70. The summed E-state index contributed by atoms with van der Waals surface area (Å²) in [5, 5.41) is 6.92. The van der Waals surface area contributed by atoms with Crippen molar-refractivity contribution in [3.8, 4) is 0 Å². The third kappa shape index (κ3) is 3.04. The van der Waals surface area contributed by atoms with Gasteiger partial charge in [0.15, 0.2) is 0 Å². The van der Waals surface area contributed by atoms with E-state index in [2.05, 4.69) is 41.6 Å². The average Bonchev–Trinajstić information content (AvgIpc) is 2.93. The number of fused-ring (bicyclic) bond motifs is 2. The molecule has 2 amide bonds. The predicted octanol–water partition coefficient (Wildman–Crippen LogP) is 2.78. The van der Waals surface area contributed by atoms with Crippen molar-refractivity contribution in [3.05, 3.63) is 23.3 Å². The van der Waals surface area contributed by atoms with E-state index in [9.17, 15) is 4.79 Å². The van der Waals surface area contributed by atoms with Gasteiger partial charge in [0.05, 0.1) is 0 Å². The largest absolute Gasteiger partial charge is 0.399 e. The van der Waals surface area contributed by atoms with E-state index in [0.717, 1.165) is 31.7 Å². The molecule has 6 heteroatoms. The lowest BCUT2D eigenvalue weighted by molar-refractivity contribution is 0.106. The Morgan fingerprint density at radius 3 is 2.74 bits per heavy atom. The van der Waals surface area contributed by atoms with E-state index < -0.39 is 0 Å². The van der Waals surface area contributed by atoms with Gasteiger partial charge in [-0.3, -0.25) is 0 Å². The second-order valence-corrected chi connectivity index (χ2v) is 8.51. The van der Waals surface area contributed by atoms with Crippen molar-refractivity contribution < 1.29 is 4.79 Å². The minimum atomic E-state index is 0.0543. The monoisotopic (exact) mass is 371 g/mol. The van der Waals surface area contributed by atoms with Gasteiger partial charge >= 0.3 is 6.03 Å². The SMILES string of the molecule is CCN(CC)C(=O)N[C@H]1C[C@@H]2c3cc(N)cc4c3C(C[C@H]2N(C)C1)C(C)N4. The highest BCUT2D eigenvalue weighted by Gasteiger charge is 2.46. The number of hydrogen-bond acceptors (Lipinski definition) is 4. The van der Waals surface area contributed by atoms with Gasteiger partial charge in [-0.15, -0.1) is 0 Å². The van der Waals surface area contributed by atoms with Gasteiger partial charge in [0, 0.05) is 61.0 Å². The van der Waals surface area contributed by atoms with Crippen LogP contribution in [-0.4, -0.2) is 60.6 Å². The molecule has 2 aliphatic heterocycles. The Bertz CT molecular complexity index is 732. The Morgan fingerprint density at radius 1 is 1.30 bits per heavy atom. The molecule has 2 unspecified atom stereocenters. The van der Waals surface area contributed by atoms with Crippen LogP contribution in [-0.2, 0) is 0 Å². The fraction of sp³-hybridized carbons (Fsp3) is 0.667. The third-order valence-corrected chi connectivity index (χ3v) is 6.94. The predicted molar refractivity (Wildman–Crippen MR) is 110 cm³/mol. The first-order chi connectivity index (χ1) is 12.9. The van der Waals surface area contributed by atoms with Crippen LogP contribution in [0.2, 0.25) is 0 Å². The normalized spacial score (nSPS) is 31.6. The summed E-state index contributed by atoms with van der Waals surface area (Å²) < 4.78 is 0. The van der Waals surface area contributed by atoms with Crippen LogP contribution in [0.4, 0.5) is 16.2 Å². The molecule has 0 saturated carbocycles. The van der Waals surface area contributed by atoms with Gasteiger partial charge in [0.1, 0.15) is 0 Å². The number of carbonyl (C=O) groups excluding carboxylic acids is 1. The molecule has 5 atom stereocenters. The lowest BCUT2D eigenvalue weighted by Crippen LogP contribution is -2.56. The second kappa shape index (κ2) is 6.89. The first-order valence-electron chi connectivity index (χ1n) is 10.4. The highest BCUT2D eigenvalue weighted by molar-refractivity contribution is 5.74. The summed E-state index contributed by atoms with van der Waals surface area (Å²) in [5.41, 5.74) is 11.2. The Balaban J connectivity index is 1.61. The molecule has 1 fully saturated rings. The van der Waals surface area contributed by atoms with E-state index in [1.165, 1.54) is 23.2 Å².